The first kappa shape index (κ1) is 17.3. The maximum absolute atomic E-state index is 5.87. The largest absolute Gasteiger partial charge is 0.377 e. The molecule has 0 spiro atoms. The predicted octanol–water partition coefficient (Wildman–Crippen LogP) is 2.82. The molecule has 2 aliphatic rings. The van der Waals surface area contributed by atoms with Crippen LogP contribution in [-0.2, 0) is 11.2 Å². The van der Waals surface area contributed by atoms with E-state index in [0.29, 0.717) is 18.1 Å². The predicted molar refractivity (Wildman–Crippen MR) is 99.5 cm³/mol. The molecule has 1 saturated heterocycles. The van der Waals surface area contributed by atoms with E-state index in [2.05, 4.69) is 61.5 Å². The third kappa shape index (κ3) is 3.30. The van der Waals surface area contributed by atoms with Crippen LogP contribution in [-0.4, -0.2) is 38.3 Å². The fourth-order valence-electron chi connectivity index (χ4n) is 4.50. The Morgan fingerprint density at radius 3 is 2.62 bits per heavy atom. The number of nitrogens with one attached hydrogen (secondary N) is 2. The Bertz CT molecular complexity index is 603. The smallest absolute Gasteiger partial charge is 0.191 e. The first-order valence-electron chi connectivity index (χ1n) is 9.08. The molecule has 4 nitrogen and oxygen atoms in total. The molecular weight excluding hydrogens is 298 g/mol. The van der Waals surface area contributed by atoms with Gasteiger partial charge in [-0.05, 0) is 32.3 Å². The van der Waals surface area contributed by atoms with Crippen molar-refractivity contribution in [3.05, 3.63) is 34.9 Å². The number of hydrogen-bond acceptors (Lipinski definition) is 2. The molecule has 0 amide bonds. The molecule has 24 heavy (non-hydrogen) atoms. The molecule has 132 valence electrons. The van der Waals surface area contributed by atoms with E-state index in [1.807, 2.05) is 7.05 Å². The maximum Gasteiger partial charge on any atom is 0.191 e. The van der Waals surface area contributed by atoms with Crippen molar-refractivity contribution >= 4 is 5.96 Å². The lowest BCUT2D eigenvalue weighted by atomic mass is 9.57. The van der Waals surface area contributed by atoms with Crippen molar-refractivity contribution in [1.82, 2.24) is 10.6 Å². The van der Waals surface area contributed by atoms with Gasteiger partial charge in [0.1, 0.15) is 0 Å². The topological polar surface area (TPSA) is 45.7 Å². The number of benzene rings is 1. The zero-order valence-corrected chi connectivity index (χ0v) is 15.6. The summed E-state index contributed by atoms with van der Waals surface area (Å²) in [4.78, 5) is 4.41. The molecule has 1 heterocycles. The molecular formula is C20H31N3O. The zero-order valence-electron chi connectivity index (χ0n) is 15.6. The minimum atomic E-state index is 0.173. The highest BCUT2D eigenvalue weighted by Crippen LogP contribution is 2.52. The number of fused-ring (bicyclic) bond motifs is 1. The van der Waals surface area contributed by atoms with Gasteiger partial charge in [0.05, 0.1) is 6.10 Å². The summed E-state index contributed by atoms with van der Waals surface area (Å²) in [5, 5.41) is 7.10. The monoisotopic (exact) mass is 329 g/mol. The van der Waals surface area contributed by atoms with E-state index in [4.69, 9.17) is 4.74 Å². The zero-order chi connectivity index (χ0) is 17.3. The molecule has 3 atom stereocenters. The van der Waals surface area contributed by atoms with E-state index in [1.54, 1.807) is 0 Å². The van der Waals surface area contributed by atoms with E-state index in [0.717, 1.165) is 32.0 Å². The summed E-state index contributed by atoms with van der Waals surface area (Å²) in [5.74, 6) is 1.53. The number of nitrogens with zero attached hydrogens (tertiary/aromatic N) is 1. The molecule has 1 aliphatic carbocycles. The lowest BCUT2D eigenvalue weighted by Crippen LogP contribution is -2.68. The van der Waals surface area contributed by atoms with Gasteiger partial charge in [-0.3, -0.25) is 4.99 Å². The molecule has 1 saturated carbocycles. The number of ether oxygens (including phenoxy) is 1. The molecule has 0 radical (unpaired) electrons. The standard InChI is InChI=1S/C20H31N3O/c1-13-10-14(2)12-15(11-13)6-8-22-19(21-5)23-17-16-7-9-24-18(16)20(17,3)4/h10-12,16-18H,6-9H2,1-5H3,(H2,21,22,23). The molecule has 1 aromatic rings. The van der Waals surface area contributed by atoms with Gasteiger partial charge in [0.25, 0.3) is 0 Å². The average Bonchev–Trinajstić information content (AvgIpc) is 2.96. The van der Waals surface area contributed by atoms with Crippen LogP contribution in [0.5, 0.6) is 0 Å². The lowest BCUT2D eigenvalue weighted by Gasteiger charge is -2.54. The van der Waals surface area contributed by atoms with Crippen molar-refractivity contribution in [2.45, 2.75) is 52.7 Å². The Kier molecular flexibility index (Phi) is 4.86. The highest BCUT2D eigenvalue weighted by atomic mass is 16.5. The van der Waals surface area contributed by atoms with Crippen LogP contribution in [0.25, 0.3) is 0 Å². The third-order valence-corrected chi connectivity index (χ3v) is 5.60. The molecule has 0 bridgehead atoms. The average molecular weight is 329 g/mol. The Hall–Kier alpha value is -1.55. The highest BCUT2D eigenvalue weighted by molar-refractivity contribution is 5.80. The Balaban J connectivity index is 1.52. The SMILES string of the molecule is CN=C(NCCc1cc(C)cc(C)c1)NC1C2CCOC2C1(C)C. The van der Waals surface area contributed by atoms with E-state index in [9.17, 15) is 0 Å². The van der Waals surface area contributed by atoms with E-state index in [1.165, 1.54) is 16.7 Å². The highest BCUT2D eigenvalue weighted by Gasteiger charge is 2.59. The summed E-state index contributed by atoms with van der Waals surface area (Å²) in [6.45, 7) is 10.7. The summed E-state index contributed by atoms with van der Waals surface area (Å²) in [6, 6.07) is 7.19. The normalized spacial score (nSPS) is 28.2. The molecule has 1 aromatic carbocycles. The van der Waals surface area contributed by atoms with Crippen LogP contribution in [0.2, 0.25) is 0 Å². The van der Waals surface area contributed by atoms with Gasteiger partial charge in [0, 0.05) is 37.6 Å². The summed E-state index contributed by atoms with van der Waals surface area (Å²) in [6.07, 6.45) is 2.57. The van der Waals surface area contributed by atoms with Crippen molar-refractivity contribution < 1.29 is 4.74 Å². The molecule has 2 fully saturated rings. The number of aliphatic imine (C=N–C) groups is 1. The second-order valence-electron chi connectivity index (χ2n) is 7.93. The molecule has 4 heteroatoms. The molecule has 1 aliphatic heterocycles. The van der Waals surface area contributed by atoms with Crippen molar-refractivity contribution in [3.8, 4) is 0 Å². The van der Waals surface area contributed by atoms with Gasteiger partial charge in [0.2, 0.25) is 0 Å². The summed E-state index contributed by atoms with van der Waals surface area (Å²) < 4.78 is 5.87. The first-order valence-corrected chi connectivity index (χ1v) is 9.08. The fraction of sp³-hybridized carbons (Fsp3) is 0.650. The van der Waals surface area contributed by atoms with Gasteiger partial charge in [-0.2, -0.15) is 0 Å². The van der Waals surface area contributed by atoms with Gasteiger partial charge in [0.15, 0.2) is 5.96 Å². The van der Waals surface area contributed by atoms with Crippen LogP contribution in [0.3, 0.4) is 0 Å². The number of guanidine groups is 1. The van der Waals surface area contributed by atoms with Gasteiger partial charge in [-0.25, -0.2) is 0 Å². The summed E-state index contributed by atoms with van der Waals surface area (Å²) in [5.41, 5.74) is 4.21. The maximum atomic E-state index is 5.87. The second-order valence-corrected chi connectivity index (χ2v) is 7.93. The molecule has 2 N–H and O–H groups in total. The summed E-state index contributed by atoms with van der Waals surface area (Å²) in [7, 11) is 1.85. The quantitative estimate of drug-likeness (QED) is 0.659. The molecule has 3 rings (SSSR count). The lowest BCUT2D eigenvalue weighted by molar-refractivity contribution is -0.106. The minimum absolute atomic E-state index is 0.173. The van der Waals surface area contributed by atoms with Gasteiger partial charge < -0.3 is 15.4 Å². The Morgan fingerprint density at radius 2 is 1.96 bits per heavy atom. The van der Waals surface area contributed by atoms with E-state index < -0.39 is 0 Å². The van der Waals surface area contributed by atoms with Crippen LogP contribution in [0.1, 0.15) is 37.0 Å². The van der Waals surface area contributed by atoms with Gasteiger partial charge in [-0.15, -0.1) is 0 Å². The van der Waals surface area contributed by atoms with Crippen molar-refractivity contribution in [2.24, 2.45) is 16.3 Å². The van der Waals surface area contributed by atoms with Crippen molar-refractivity contribution in [1.29, 1.82) is 0 Å². The number of rotatable bonds is 4. The minimum Gasteiger partial charge on any atom is -0.377 e. The second kappa shape index (κ2) is 6.75. The Labute approximate surface area is 146 Å². The molecule has 3 unspecified atom stereocenters. The van der Waals surface area contributed by atoms with Crippen LogP contribution in [0.4, 0.5) is 0 Å². The molecule has 0 aromatic heterocycles. The van der Waals surface area contributed by atoms with Crippen molar-refractivity contribution in [2.75, 3.05) is 20.2 Å². The van der Waals surface area contributed by atoms with E-state index >= 15 is 0 Å². The van der Waals surface area contributed by atoms with Crippen molar-refractivity contribution in [3.63, 3.8) is 0 Å². The van der Waals surface area contributed by atoms with Crippen LogP contribution < -0.4 is 10.6 Å². The summed E-state index contributed by atoms with van der Waals surface area (Å²) >= 11 is 0. The number of aryl methyl sites for hydroxylation is 2. The fourth-order valence-corrected chi connectivity index (χ4v) is 4.50. The van der Waals surface area contributed by atoms with Gasteiger partial charge >= 0.3 is 0 Å². The Morgan fingerprint density at radius 1 is 1.25 bits per heavy atom. The van der Waals surface area contributed by atoms with Gasteiger partial charge in [-0.1, -0.05) is 43.2 Å². The van der Waals surface area contributed by atoms with Crippen LogP contribution in [0.15, 0.2) is 23.2 Å². The van der Waals surface area contributed by atoms with E-state index in [-0.39, 0.29) is 5.41 Å². The number of hydrogen-bond donors (Lipinski definition) is 2. The first-order chi connectivity index (χ1) is 11.4. The van der Waals surface area contributed by atoms with Crippen LogP contribution in [0, 0.1) is 25.2 Å². The third-order valence-electron chi connectivity index (χ3n) is 5.60. The van der Waals surface area contributed by atoms with Crippen LogP contribution >= 0.6 is 0 Å².